The number of para-hydroxylation sites is 1. The molecular formula is C29H25BrN2O4S. The Morgan fingerprint density at radius 3 is 2.32 bits per heavy atom. The minimum absolute atomic E-state index is 0.104. The van der Waals surface area contributed by atoms with Crippen molar-refractivity contribution in [2.24, 2.45) is 7.05 Å². The lowest BCUT2D eigenvalue weighted by Gasteiger charge is -2.19. The molecular weight excluding hydrogens is 552 g/mol. The quantitative estimate of drug-likeness (QED) is 0.220. The molecule has 8 heteroatoms. The number of benzene rings is 4. The van der Waals surface area contributed by atoms with E-state index in [-0.39, 0.29) is 22.8 Å². The van der Waals surface area contributed by atoms with Crippen molar-refractivity contribution in [1.82, 2.24) is 4.57 Å². The van der Waals surface area contributed by atoms with Crippen LogP contribution in [0.2, 0.25) is 0 Å². The van der Waals surface area contributed by atoms with Crippen molar-refractivity contribution >= 4 is 59.4 Å². The summed E-state index contributed by atoms with van der Waals surface area (Å²) in [7, 11) is -2.10. The number of halogens is 1. The topological polar surface area (TPSA) is 77.4 Å². The lowest BCUT2D eigenvalue weighted by atomic mass is 9.94. The fraction of sp³-hybridized carbons (Fsp3) is 0.138. The first-order valence-corrected chi connectivity index (χ1v) is 14.1. The number of rotatable bonds is 6. The molecule has 0 saturated carbocycles. The first-order chi connectivity index (χ1) is 17.7. The Hall–Kier alpha value is -3.62. The normalized spacial score (nSPS) is 11.7. The van der Waals surface area contributed by atoms with Gasteiger partial charge in [0, 0.05) is 33.4 Å². The van der Waals surface area contributed by atoms with E-state index in [2.05, 4.69) is 20.7 Å². The van der Waals surface area contributed by atoms with Gasteiger partial charge in [-0.2, -0.15) is 0 Å². The fourth-order valence-corrected chi connectivity index (χ4v) is 5.96. The van der Waals surface area contributed by atoms with Crippen molar-refractivity contribution in [3.8, 4) is 11.1 Å². The molecule has 6 nitrogen and oxygen atoms in total. The average molecular weight is 578 g/mol. The third kappa shape index (κ3) is 4.51. The number of carbonyl (C=O) groups is 1. The van der Waals surface area contributed by atoms with Crippen molar-refractivity contribution in [1.29, 1.82) is 0 Å². The summed E-state index contributed by atoms with van der Waals surface area (Å²) in [6, 6.07) is 23.8. The first-order valence-electron chi connectivity index (χ1n) is 11.8. The van der Waals surface area contributed by atoms with Crippen LogP contribution in [0.5, 0.6) is 0 Å². The molecule has 0 aliphatic carbocycles. The largest absolute Gasteiger partial charge is 0.462 e. The number of ether oxygens (including phenoxy) is 1. The average Bonchev–Trinajstić information content (AvgIpc) is 3.16. The zero-order valence-electron chi connectivity index (χ0n) is 20.6. The highest BCUT2D eigenvalue weighted by atomic mass is 79.9. The molecule has 0 atom stereocenters. The summed E-state index contributed by atoms with van der Waals surface area (Å²) >= 11 is 3.48. The van der Waals surface area contributed by atoms with Crippen LogP contribution < -0.4 is 4.72 Å². The van der Waals surface area contributed by atoms with Gasteiger partial charge in [0.05, 0.1) is 28.3 Å². The number of aryl methyl sites for hydroxylation is 2. The molecule has 1 heterocycles. The number of hydrogen-bond donors (Lipinski definition) is 1. The standard InChI is InChI=1S/C29H25BrN2O4S/c1-4-36-29(33)23-17-25-27(22-7-5-6-8-24(22)32(25)3)26(19-11-13-20(30)14-12-19)28(23)31-37(34,35)21-15-9-18(2)10-16-21/h5-17,31H,4H2,1-3H3. The molecule has 0 fully saturated rings. The molecule has 0 unspecified atom stereocenters. The van der Waals surface area contributed by atoms with Gasteiger partial charge in [0.2, 0.25) is 0 Å². The van der Waals surface area contributed by atoms with Crippen LogP contribution in [0.15, 0.2) is 88.2 Å². The minimum Gasteiger partial charge on any atom is -0.462 e. The molecule has 0 bridgehead atoms. The molecule has 1 N–H and O–H groups in total. The van der Waals surface area contributed by atoms with Crippen LogP contribution >= 0.6 is 15.9 Å². The number of sulfonamides is 1. The van der Waals surface area contributed by atoms with Gasteiger partial charge in [0.1, 0.15) is 0 Å². The van der Waals surface area contributed by atoms with Gasteiger partial charge >= 0.3 is 5.97 Å². The van der Waals surface area contributed by atoms with Crippen LogP contribution in [-0.4, -0.2) is 25.6 Å². The zero-order valence-corrected chi connectivity index (χ0v) is 23.0. The smallest absolute Gasteiger partial charge is 0.340 e. The van der Waals surface area contributed by atoms with Gasteiger partial charge in [0.15, 0.2) is 0 Å². The molecule has 0 amide bonds. The van der Waals surface area contributed by atoms with Crippen LogP contribution in [0.3, 0.4) is 0 Å². The SMILES string of the molecule is CCOC(=O)c1cc2c(c(-c3ccc(Br)cc3)c1NS(=O)(=O)c1ccc(C)cc1)c1ccccc1n2C. The molecule has 0 spiro atoms. The highest BCUT2D eigenvalue weighted by Crippen LogP contribution is 2.44. The number of esters is 1. The summed E-state index contributed by atoms with van der Waals surface area (Å²) in [4.78, 5) is 13.4. The van der Waals surface area contributed by atoms with Crippen molar-refractivity contribution in [3.05, 3.63) is 94.5 Å². The van der Waals surface area contributed by atoms with Crippen LogP contribution in [0.25, 0.3) is 32.9 Å². The van der Waals surface area contributed by atoms with Crippen LogP contribution in [0.4, 0.5) is 5.69 Å². The van der Waals surface area contributed by atoms with E-state index in [4.69, 9.17) is 4.74 Å². The van der Waals surface area contributed by atoms with Crippen LogP contribution in [-0.2, 0) is 21.8 Å². The van der Waals surface area contributed by atoms with E-state index in [1.807, 2.05) is 67.1 Å². The van der Waals surface area contributed by atoms with Gasteiger partial charge in [0.25, 0.3) is 10.0 Å². The van der Waals surface area contributed by atoms with Crippen LogP contribution in [0, 0.1) is 6.92 Å². The third-order valence-corrected chi connectivity index (χ3v) is 8.29. The van der Waals surface area contributed by atoms with E-state index in [1.54, 1.807) is 37.3 Å². The molecule has 0 aliphatic rings. The predicted octanol–water partition coefficient (Wildman–Crippen LogP) is 7.05. The Bertz CT molecular complexity index is 1760. The summed E-state index contributed by atoms with van der Waals surface area (Å²) in [6.07, 6.45) is 0. The molecule has 4 aromatic carbocycles. The minimum atomic E-state index is -4.03. The monoisotopic (exact) mass is 576 g/mol. The first kappa shape index (κ1) is 25.0. The second-order valence-corrected chi connectivity index (χ2v) is 11.4. The summed E-state index contributed by atoms with van der Waals surface area (Å²) in [5.41, 5.74) is 4.40. The Morgan fingerprint density at radius 2 is 1.65 bits per heavy atom. The van der Waals surface area contributed by atoms with Crippen molar-refractivity contribution in [3.63, 3.8) is 0 Å². The van der Waals surface area contributed by atoms with Gasteiger partial charge < -0.3 is 9.30 Å². The van der Waals surface area contributed by atoms with Crippen molar-refractivity contribution in [2.45, 2.75) is 18.7 Å². The fourth-order valence-electron chi connectivity index (χ4n) is 4.61. The highest BCUT2D eigenvalue weighted by Gasteiger charge is 2.27. The molecule has 0 saturated heterocycles. The van der Waals surface area contributed by atoms with E-state index >= 15 is 0 Å². The summed E-state index contributed by atoms with van der Waals surface area (Å²) in [6.45, 7) is 3.77. The summed E-state index contributed by atoms with van der Waals surface area (Å²) < 4.78 is 38.3. The number of nitrogens with one attached hydrogen (secondary N) is 1. The molecule has 37 heavy (non-hydrogen) atoms. The van der Waals surface area contributed by atoms with E-state index in [0.717, 1.165) is 37.4 Å². The summed E-state index contributed by atoms with van der Waals surface area (Å²) in [5.74, 6) is -0.602. The Morgan fingerprint density at radius 1 is 0.973 bits per heavy atom. The number of nitrogens with zero attached hydrogens (tertiary/aromatic N) is 1. The van der Waals surface area contributed by atoms with Gasteiger partial charge in [-0.3, -0.25) is 4.72 Å². The Kier molecular flexibility index (Phi) is 6.56. The molecule has 5 aromatic rings. The highest BCUT2D eigenvalue weighted by molar-refractivity contribution is 9.10. The maximum atomic E-state index is 13.6. The van der Waals surface area contributed by atoms with Crippen molar-refractivity contribution < 1.29 is 17.9 Å². The molecule has 1 aromatic heterocycles. The lowest BCUT2D eigenvalue weighted by Crippen LogP contribution is -2.18. The van der Waals surface area contributed by atoms with E-state index in [0.29, 0.717) is 5.56 Å². The van der Waals surface area contributed by atoms with Gasteiger partial charge in [-0.25, -0.2) is 13.2 Å². The molecule has 0 aliphatic heterocycles. The second-order valence-electron chi connectivity index (χ2n) is 8.79. The number of fused-ring (bicyclic) bond motifs is 3. The molecule has 5 rings (SSSR count). The maximum Gasteiger partial charge on any atom is 0.340 e. The lowest BCUT2D eigenvalue weighted by molar-refractivity contribution is 0.0528. The second kappa shape index (κ2) is 9.68. The van der Waals surface area contributed by atoms with E-state index in [9.17, 15) is 13.2 Å². The van der Waals surface area contributed by atoms with E-state index in [1.165, 1.54) is 0 Å². The van der Waals surface area contributed by atoms with Crippen molar-refractivity contribution in [2.75, 3.05) is 11.3 Å². The number of hydrogen-bond acceptors (Lipinski definition) is 4. The summed E-state index contributed by atoms with van der Waals surface area (Å²) in [5, 5.41) is 1.79. The molecule has 188 valence electrons. The van der Waals surface area contributed by atoms with Gasteiger partial charge in [-0.05, 0) is 55.8 Å². The Labute approximate surface area is 224 Å². The Balaban J connectivity index is 1.90. The van der Waals surface area contributed by atoms with Gasteiger partial charge in [-0.15, -0.1) is 0 Å². The zero-order chi connectivity index (χ0) is 26.3. The predicted molar refractivity (Wildman–Crippen MR) is 152 cm³/mol. The number of aromatic nitrogens is 1. The number of carbonyl (C=O) groups excluding carboxylic acids is 1. The number of anilines is 1. The van der Waals surface area contributed by atoms with Crippen LogP contribution in [0.1, 0.15) is 22.8 Å². The van der Waals surface area contributed by atoms with Gasteiger partial charge in [-0.1, -0.05) is 64.0 Å². The molecule has 0 radical (unpaired) electrons. The maximum absolute atomic E-state index is 13.6. The third-order valence-electron chi connectivity index (χ3n) is 6.40. The van der Waals surface area contributed by atoms with E-state index < -0.39 is 16.0 Å².